The minimum absolute atomic E-state index is 0. The Balaban J connectivity index is 0. The smallest absolute Gasteiger partial charge is 0.303 e. The highest BCUT2D eigenvalue weighted by atomic mass is 16.4. The number of unbranched alkanes of at least 4 members (excludes halogenated alkanes) is 16. The maximum atomic E-state index is 10.4. The maximum Gasteiger partial charge on any atom is 0.303 e. The van der Waals surface area contributed by atoms with E-state index in [1.807, 2.05) is 0 Å². The Morgan fingerprint density at radius 3 is 1.09 bits per heavy atom. The predicted octanol–water partition coefficient (Wildman–Crippen LogP) is 7.27. The molecule has 23 heavy (non-hydrogen) atoms. The Morgan fingerprint density at radius 2 is 0.826 bits per heavy atom. The van der Waals surface area contributed by atoms with Gasteiger partial charge in [-0.3, -0.25) is 4.79 Å². The van der Waals surface area contributed by atoms with E-state index in [4.69, 9.17) is 5.11 Å². The molecule has 3 heteroatoms. The minimum atomic E-state index is -0.652. The summed E-state index contributed by atoms with van der Waals surface area (Å²) in [4.78, 5) is 10.4. The van der Waals surface area contributed by atoms with Crippen LogP contribution in [0.15, 0.2) is 0 Å². The van der Waals surface area contributed by atoms with Crippen molar-refractivity contribution in [3.63, 3.8) is 0 Å². The zero-order valence-electron chi connectivity index (χ0n) is 15.8. The Kier molecular flexibility index (Phi) is 23.0. The molecule has 0 aliphatic heterocycles. The van der Waals surface area contributed by atoms with Crippen LogP contribution < -0.4 is 6.15 Å². The number of hydrogen-bond donors (Lipinski definition) is 2. The van der Waals surface area contributed by atoms with Crippen LogP contribution in [0.4, 0.5) is 0 Å². The van der Waals surface area contributed by atoms with Crippen molar-refractivity contribution in [2.45, 2.75) is 122 Å². The van der Waals surface area contributed by atoms with Crippen LogP contribution in [0, 0.1) is 0 Å². The SMILES string of the molecule is CCCCCCCCCCCCCCCCCCCC(=O)O.N. The minimum Gasteiger partial charge on any atom is -0.481 e. The summed E-state index contributed by atoms with van der Waals surface area (Å²) in [6.45, 7) is 2.28. The van der Waals surface area contributed by atoms with Gasteiger partial charge in [0.2, 0.25) is 0 Å². The van der Waals surface area contributed by atoms with E-state index in [9.17, 15) is 4.79 Å². The van der Waals surface area contributed by atoms with Crippen molar-refractivity contribution in [2.75, 3.05) is 0 Å². The molecule has 0 spiro atoms. The molecule has 140 valence electrons. The molecule has 3 nitrogen and oxygen atoms in total. The number of aliphatic carboxylic acids is 1. The summed E-state index contributed by atoms with van der Waals surface area (Å²) in [5, 5.41) is 8.54. The first-order chi connectivity index (χ1) is 10.8. The van der Waals surface area contributed by atoms with E-state index in [2.05, 4.69) is 6.92 Å². The lowest BCUT2D eigenvalue weighted by molar-refractivity contribution is -0.137. The molecular weight excluding hydrogens is 286 g/mol. The van der Waals surface area contributed by atoms with Crippen LogP contribution in [0.1, 0.15) is 122 Å². The van der Waals surface area contributed by atoms with Crippen LogP contribution in [0.25, 0.3) is 0 Å². The molecule has 0 aliphatic carbocycles. The van der Waals surface area contributed by atoms with Crippen LogP contribution in [-0.2, 0) is 4.79 Å². The van der Waals surface area contributed by atoms with Crippen LogP contribution in [0.3, 0.4) is 0 Å². The van der Waals surface area contributed by atoms with Crippen LogP contribution >= 0.6 is 0 Å². The van der Waals surface area contributed by atoms with E-state index in [0.717, 1.165) is 12.8 Å². The van der Waals surface area contributed by atoms with Gasteiger partial charge in [0.25, 0.3) is 0 Å². The van der Waals surface area contributed by atoms with Gasteiger partial charge in [0.05, 0.1) is 0 Å². The number of carboxylic acids is 1. The average molecular weight is 330 g/mol. The molecule has 0 aliphatic rings. The van der Waals surface area contributed by atoms with Gasteiger partial charge >= 0.3 is 5.97 Å². The number of hydrogen-bond acceptors (Lipinski definition) is 2. The standard InChI is InChI=1S/C20H40O2.H3N/c1-2-3-4-5-6-7-8-9-10-11-12-13-14-15-16-17-18-19-20(21)22;/h2-19H2,1H3,(H,21,22);1H3. The summed E-state index contributed by atoms with van der Waals surface area (Å²) < 4.78 is 0. The molecule has 0 radical (unpaired) electrons. The number of carboxylic acid groups (broad SMARTS) is 1. The van der Waals surface area contributed by atoms with E-state index in [1.54, 1.807) is 0 Å². The normalized spacial score (nSPS) is 10.5. The molecule has 0 fully saturated rings. The highest BCUT2D eigenvalue weighted by molar-refractivity contribution is 5.66. The fraction of sp³-hybridized carbons (Fsp3) is 0.950. The molecule has 4 N–H and O–H groups in total. The second-order valence-electron chi connectivity index (χ2n) is 6.80. The molecule has 0 saturated carbocycles. The van der Waals surface area contributed by atoms with E-state index in [-0.39, 0.29) is 6.15 Å². The van der Waals surface area contributed by atoms with Crippen molar-refractivity contribution in [1.82, 2.24) is 6.15 Å². The zero-order valence-corrected chi connectivity index (χ0v) is 15.8. The van der Waals surface area contributed by atoms with Gasteiger partial charge in [0.1, 0.15) is 0 Å². The van der Waals surface area contributed by atoms with E-state index in [0.29, 0.717) is 6.42 Å². The molecule has 0 bridgehead atoms. The molecule has 0 aromatic carbocycles. The van der Waals surface area contributed by atoms with E-state index in [1.165, 1.54) is 96.3 Å². The van der Waals surface area contributed by atoms with Gasteiger partial charge in [-0.15, -0.1) is 0 Å². The quantitative estimate of drug-likeness (QED) is 0.260. The first-order valence-corrected chi connectivity index (χ1v) is 9.99. The fourth-order valence-electron chi connectivity index (χ4n) is 3.00. The molecule has 0 aromatic rings. The summed E-state index contributed by atoms with van der Waals surface area (Å²) in [5.74, 6) is -0.652. The monoisotopic (exact) mass is 329 g/mol. The molecule has 0 heterocycles. The van der Waals surface area contributed by atoms with Crippen molar-refractivity contribution in [1.29, 1.82) is 0 Å². The molecule has 0 amide bonds. The summed E-state index contributed by atoms with van der Waals surface area (Å²) in [7, 11) is 0. The summed E-state index contributed by atoms with van der Waals surface area (Å²) in [5.41, 5.74) is 0. The molecule has 0 saturated heterocycles. The molecular formula is C20H43NO2. The van der Waals surface area contributed by atoms with Gasteiger partial charge in [-0.1, -0.05) is 110 Å². The fourth-order valence-corrected chi connectivity index (χ4v) is 3.00. The summed E-state index contributed by atoms with van der Waals surface area (Å²) in [6, 6.07) is 0. The van der Waals surface area contributed by atoms with Crippen molar-refractivity contribution in [2.24, 2.45) is 0 Å². The lowest BCUT2D eigenvalue weighted by Gasteiger charge is -2.03. The van der Waals surface area contributed by atoms with Gasteiger partial charge in [0, 0.05) is 6.42 Å². The third kappa shape index (κ3) is 23.8. The van der Waals surface area contributed by atoms with Crippen molar-refractivity contribution < 1.29 is 9.90 Å². The molecule has 0 aromatic heterocycles. The first kappa shape index (κ1) is 24.7. The predicted molar refractivity (Wildman–Crippen MR) is 101 cm³/mol. The lowest BCUT2D eigenvalue weighted by Crippen LogP contribution is -1.93. The largest absolute Gasteiger partial charge is 0.481 e. The summed E-state index contributed by atoms with van der Waals surface area (Å²) >= 11 is 0. The second-order valence-corrected chi connectivity index (χ2v) is 6.80. The Hall–Kier alpha value is -0.570. The van der Waals surface area contributed by atoms with Gasteiger partial charge in [-0.2, -0.15) is 0 Å². The zero-order chi connectivity index (χ0) is 16.3. The van der Waals surface area contributed by atoms with Crippen molar-refractivity contribution >= 4 is 5.97 Å². The number of carbonyl (C=O) groups is 1. The Labute approximate surface area is 145 Å². The first-order valence-electron chi connectivity index (χ1n) is 9.99. The number of rotatable bonds is 18. The van der Waals surface area contributed by atoms with Crippen molar-refractivity contribution in [3.8, 4) is 0 Å². The molecule has 0 rings (SSSR count). The lowest BCUT2D eigenvalue weighted by atomic mass is 10.0. The Bertz CT molecular complexity index is 232. The molecule has 0 unspecified atom stereocenters. The highest BCUT2D eigenvalue weighted by Crippen LogP contribution is 2.14. The van der Waals surface area contributed by atoms with Crippen LogP contribution in [0.5, 0.6) is 0 Å². The van der Waals surface area contributed by atoms with Crippen LogP contribution in [0.2, 0.25) is 0 Å². The third-order valence-electron chi connectivity index (χ3n) is 4.49. The second kappa shape index (κ2) is 21.4. The highest BCUT2D eigenvalue weighted by Gasteiger charge is 1.97. The molecule has 0 atom stereocenters. The third-order valence-corrected chi connectivity index (χ3v) is 4.49. The maximum absolute atomic E-state index is 10.4. The van der Waals surface area contributed by atoms with Crippen molar-refractivity contribution in [3.05, 3.63) is 0 Å². The average Bonchev–Trinajstić information content (AvgIpc) is 2.50. The Morgan fingerprint density at radius 1 is 0.565 bits per heavy atom. The van der Waals surface area contributed by atoms with E-state index < -0.39 is 5.97 Å². The summed E-state index contributed by atoms with van der Waals surface area (Å²) in [6.07, 6.45) is 23.1. The van der Waals surface area contributed by atoms with E-state index >= 15 is 0 Å². The van der Waals surface area contributed by atoms with Gasteiger partial charge in [0.15, 0.2) is 0 Å². The van der Waals surface area contributed by atoms with Crippen LogP contribution in [-0.4, -0.2) is 11.1 Å². The van der Waals surface area contributed by atoms with Gasteiger partial charge in [-0.05, 0) is 6.42 Å². The topological polar surface area (TPSA) is 72.3 Å². The van der Waals surface area contributed by atoms with Gasteiger partial charge < -0.3 is 11.3 Å². The van der Waals surface area contributed by atoms with Gasteiger partial charge in [-0.25, -0.2) is 0 Å².